The van der Waals surface area contributed by atoms with Gasteiger partial charge in [0.2, 0.25) is 5.78 Å². The monoisotopic (exact) mass is 433 g/mol. The topological polar surface area (TPSA) is 89.2 Å². The Bertz CT molecular complexity index is 1150. The van der Waals surface area contributed by atoms with Crippen molar-refractivity contribution in [1.82, 2.24) is 0 Å². The number of anilines is 1. The van der Waals surface area contributed by atoms with Crippen molar-refractivity contribution in [2.24, 2.45) is 0 Å². The van der Waals surface area contributed by atoms with Crippen LogP contribution in [0.15, 0.2) is 82.7 Å². The van der Waals surface area contributed by atoms with Gasteiger partial charge in [0, 0.05) is 11.8 Å². The number of carbonyl (C=O) groups excluding carboxylic acids is 2. The van der Waals surface area contributed by atoms with Crippen LogP contribution < -0.4 is 14.4 Å². The van der Waals surface area contributed by atoms with E-state index >= 15 is 0 Å². The van der Waals surface area contributed by atoms with Crippen molar-refractivity contribution >= 4 is 17.4 Å². The van der Waals surface area contributed by atoms with Crippen molar-refractivity contribution in [2.45, 2.75) is 19.4 Å². The van der Waals surface area contributed by atoms with E-state index in [0.29, 0.717) is 29.4 Å². The van der Waals surface area contributed by atoms with Crippen LogP contribution in [0.1, 0.15) is 35.5 Å². The summed E-state index contributed by atoms with van der Waals surface area (Å²) >= 11 is 0. The highest BCUT2D eigenvalue weighted by Crippen LogP contribution is 2.42. The van der Waals surface area contributed by atoms with Crippen LogP contribution in [0, 0.1) is 0 Å². The molecule has 164 valence electrons. The molecule has 7 nitrogen and oxygen atoms in total. The van der Waals surface area contributed by atoms with Crippen LogP contribution in [-0.4, -0.2) is 30.5 Å². The van der Waals surface area contributed by atoms with Gasteiger partial charge in [0.05, 0.1) is 31.6 Å². The van der Waals surface area contributed by atoms with E-state index in [4.69, 9.17) is 13.9 Å². The normalized spacial score (nSPS) is 15.9. The number of furan rings is 1. The lowest BCUT2D eigenvalue weighted by Crippen LogP contribution is -2.31. The lowest BCUT2D eigenvalue weighted by molar-refractivity contribution is -0.117. The van der Waals surface area contributed by atoms with Crippen LogP contribution in [-0.2, 0) is 4.79 Å². The molecule has 1 unspecified atom stereocenters. The van der Waals surface area contributed by atoms with Crippen molar-refractivity contribution < 1.29 is 28.6 Å². The first-order valence-electron chi connectivity index (χ1n) is 10.3. The summed E-state index contributed by atoms with van der Waals surface area (Å²) in [7, 11) is 1.53. The largest absolute Gasteiger partial charge is 0.503 e. The minimum atomic E-state index is -0.854. The molecule has 0 saturated carbocycles. The van der Waals surface area contributed by atoms with Gasteiger partial charge in [-0.25, -0.2) is 0 Å². The summed E-state index contributed by atoms with van der Waals surface area (Å²) in [5, 5.41) is 10.8. The van der Waals surface area contributed by atoms with Gasteiger partial charge in [-0.05, 0) is 48.4 Å². The van der Waals surface area contributed by atoms with Crippen LogP contribution in [0.2, 0.25) is 0 Å². The molecule has 0 aliphatic carbocycles. The van der Waals surface area contributed by atoms with Gasteiger partial charge in [-0.15, -0.1) is 0 Å². The zero-order valence-corrected chi connectivity index (χ0v) is 17.8. The summed E-state index contributed by atoms with van der Waals surface area (Å²) in [5.74, 6) is -0.570. The minimum absolute atomic E-state index is 0.0414. The Morgan fingerprint density at radius 2 is 1.88 bits per heavy atom. The number of hydrogen-bond acceptors (Lipinski definition) is 6. The smallest absolute Gasteiger partial charge is 0.294 e. The number of Topliss-reactive ketones (excluding diaryl/α,β-unsaturated/α-hetero) is 1. The molecule has 2 heterocycles. The number of ketones is 1. The Kier molecular flexibility index (Phi) is 5.98. The summed E-state index contributed by atoms with van der Waals surface area (Å²) in [6.45, 7) is 2.60. The van der Waals surface area contributed by atoms with Crippen LogP contribution >= 0.6 is 0 Å². The fourth-order valence-corrected chi connectivity index (χ4v) is 3.69. The van der Waals surface area contributed by atoms with E-state index < -0.39 is 23.5 Å². The highest BCUT2D eigenvalue weighted by molar-refractivity contribution is 6.20. The average Bonchev–Trinajstić information content (AvgIpc) is 3.45. The van der Waals surface area contributed by atoms with Gasteiger partial charge >= 0.3 is 0 Å². The number of rotatable bonds is 8. The predicted molar refractivity (Wildman–Crippen MR) is 118 cm³/mol. The van der Waals surface area contributed by atoms with E-state index in [1.54, 1.807) is 54.6 Å². The van der Waals surface area contributed by atoms with E-state index in [1.165, 1.54) is 24.3 Å². The summed E-state index contributed by atoms with van der Waals surface area (Å²) in [5.41, 5.74) is 1.08. The van der Waals surface area contributed by atoms with E-state index in [0.717, 1.165) is 6.42 Å². The number of methoxy groups -OCH3 is 1. The van der Waals surface area contributed by atoms with Crippen molar-refractivity contribution in [3.63, 3.8) is 0 Å². The number of benzene rings is 2. The number of carbonyl (C=O) groups is 2. The third-order valence-electron chi connectivity index (χ3n) is 5.20. The number of aliphatic hydroxyl groups is 1. The molecule has 3 aromatic rings. The van der Waals surface area contributed by atoms with Gasteiger partial charge < -0.3 is 19.0 Å². The molecule has 0 bridgehead atoms. The zero-order chi connectivity index (χ0) is 22.7. The van der Waals surface area contributed by atoms with Gasteiger partial charge in [0.1, 0.15) is 11.5 Å². The molecule has 2 aromatic carbocycles. The molecule has 0 saturated heterocycles. The zero-order valence-electron chi connectivity index (χ0n) is 17.8. The van der Waals surface area contributed by atoms with E-state index in [9.17, 15) is 14.7 Å². The highest BCUT2D eigenvalue weighted by Gasteiger charge is 2.45. The second-order valence-corrected chi connectivity index (χ2v) is 7.27. The molecule has 1 aliphatic rings. The van der Waals surface area contributed by atoms with Crippen molar-refractivity contribution in [3.8, 4) is 11.5 Å². The molecule has 7 heteroatoms. The lowest BCUT2D eigenvalue weighted by atomic mass is 9.94. The first kappa shape index (κ1) is 21.2. The SMILES string of the molecule is CCCOc1ccc(C2C(C(=O)c3ccco3)=C(O)C(=O)N2c2cccc(OC)c2)cc1. The number of aliphatic hydroxyl groups excluding tert-OH is 1. The Balaban J connectivity index is 1.81. The number of amides is 1. The summed E-state index contributed by atoms with van der Waals surface area (Å²) < 4.78 is 16.2. The molecular formula is C25H23NO6. The maximum atomic E-state index is 13.2. The highest BCUT2D eigenvalue weighted by atomic mass is 16.5. The molecule has 0 fully saturated rings. The maximum Gasteiger partial charge on any atom is 0.294 e. The third kappa shape index (κ3) is 3.85. The van der Waals surface area contributed by atoms with E-state index in [2.05, 4.69) is 0 Å². The number of hydrogen-bond donors (Lipinski definition) is 1. The van der Waals surface area contributed by atoms with Crippen LogP contribution in [0.25, 0.3) is 0 Å². The second kappa shape index (κ2) is 9.01. The summed E-state index contributed by atoms with van der Waals surface area (Å²) in [4.78, 5) is 27.8. The number of ether oxygens (including phenoxy) is 2. The molecule has 1 aliphatic heterocycles. The first-order valence-corrected chi connectivity index (χ1v) is 10.3. The Hall–Kier alpha value is -4.00. The van der Waals surface area contributed by atoms with Crippen LogP contribution in [0.5, 0.6) is 11.5 Å². The summed E-state index contributed by atoms with van der Waals surface area (Å²) in [6.07, 6.45) is 2.25. The molecule has 0 spiro atoms. The van der Waals surface area contributed by atoms with Gasteiger partial charge in [-0.3, -0.25) is 14.5 Å². The molecule has 1 N–H and O–H groups in total. The standard InChI is InChI=1S/C25H23NO6/c1-3-13-31-18-11-9-16(10-12-18)22-21(23(27)20-8-5-14-32-20)24(28)25(29)26(22)17-6-4-7-19(15-17)30-2/h4-12,14-15,22,28H,3,13H2,1-2H3. The Morgan fingerprint density at radius 1 is 1.09 bits per heavy atom. The van der Waals surface area contributed by atoms with Crippen molar-refractivity contribution in [3.05, 3.63) is 89.6 Å². The predicted octanol–water partition coefficient (Wildman–Crippen LogP) is 4.86. The quantitative estimate of drug-likeness (QED) is 0.511. The average molecular weight is 433 g/mol. The molecule has 1 aromatic heterocycles. The lowest BCUT2D eigenvalue weighted by Gasteiger charge is -2.27. The van der Waals surface area contributed by atoms with E-state index in [1.807, 2.05) is 6.92 Å². The van der Waals surface area contributed by atoms with Crippen molar-refractivity contribution in [1.29, 1.82) is 0 Å². The van der Waals surface area contributed by atoms with Gasteiger partial charge in [0.15, 0.2) is 11.5 Å². The first-order chi connectivity index (χ1) is 15.5. The molecule has 1 amide bonds. The minimum Gasteiger partial charge on any atom is -0.503 e. The van der Waals surface area contributed by atoms with Gasteiger partial charge in [-0.1, -0.05) is 25.1 Å². The van der Waals surface area contributed by atoms with E-state index in [-0.39, 0.29) is 11.3 Å². The van der Waals surface area contributed by atoms with Crippen LogP contribution in [0.3, 0.4) is 0 Å². The maximum absolute atomic E-state index is 13.2. The fraction of sp³-hybridized carbons (Fsp3) is 0.200. The van der Waals surface area contributed by atoms with Gasteiger partial charge in [0.25, 0.3) is 5.91 Å². The Labute approximate surface area is 185 Å². The molecule has 4 rings (SSSR count). The Morgan fingerprint density at radius 3 is 2.53 bits per heavy atom. The van der Waals surface area contributed by atoms with Crippen LogP contribution in [0.4, 0.5) is 5.69 Å². The molecule has 32 heavy (non-hydrogen) atoms. The van der Waals surface area contributed by atoms with Gasteiger partial charge in [-0.2, -0.15) is 0 Å². The molecule has 1 atom stereocenters. The third-order valence-corrected chi connectivity index (χ3v) is 5.20. The molecule has 0 radical (unpaired) electrons. The number of nitrogens with zero attached hydrogens (tertiary/aromatic N) is 1. The second-order valence-electron chi connectivity index (χ2n) is 7.27. The fourth-order valence-electron chi connectivity index (χ4n) is 3.69. The van der Waals surface area contributed by atoms with Crippen molar-refractivity contribution in [2.75, 3.05) is 18.6 Å². The summed E-state index contributed by atoms with van der Waals surface area (Å²) in [6, 6.07) is 16.2. The molecular weight excluding hydrogens is 410 g/mol.